The van der Waals surface area contributed by atoms with Gasteiger partial charge in [0.15, 0.2) is 5.79 Å². The molecule has 3 aliphatic rings. The van der Waals surface area contributed by atoms with Crippen LogP contribution in [0, 0.1) is 6.92 Å². The summed E-state index contributed by atoms with van der Waals surface area (Å²) < 4.78 is 14.0. The number of nitrogens with zero attached hydrogens (tertiary/aromatic N) is 2. The van der Waals surface area contributed by atoms with E-state index >= 15 is 0 Å². The van der Waals surface area contributed by atoms with Gasteiger partial charge in [0.05, 0.1) is 31.1 Å². The number of ether oxygens (including phenoxy) is 2. The van der Waals surface area contributed by atoms with Crippen LogP contribution in [0.3, 0.4) is 0 Å². The zero-order valence-corrected chi connectivity index (χ0v) is 12.7. The number of aromatic nitrogens is 2. The van der Waals surface area contributed by atoms with E-state index in [0.717, 1.165) is 37.9 Å². The monoisotopic (exact) mass is 292 g/mol. The average Bonchev–Trinajstić information content (AvgIpc) is 3.06. The van der Waals surface area contributed by atoms with Gasteiger partial charge in [0.2, 0.25) is 0 Å². The number of fused-ring (bicyclic) bond motifs is 1. The van der Waals surface area contributed by atoms with E-state index in [1.807, 2.05) is 0 Å². The highest BCUT2D eigenvalue weighted by Crippen LogP contribution is 2.42. The second-order valence-electron chi connectivity index (χ2n) is 6.61. The number of imidazole rings is 1. The SMILES string of the molecule is Cc1nc2c(n1C1CC3(CCC1O)OCCO3)CCCC2. The molecular formula is C16H24N2O3. The topological polar surface area (TPSA) is 56.5 Å². The van der Waals surface area contributed by atoms with Crippen LogP contribution in [0.1, 0.15) is 55.4 Å². The fraction of sp³-hybridized carbons (Fsp3) is 0.812. The Hall–Kier alpha value is -0.910. The lowest BCUT2D eigenvalue weighted by atomic mass is 9.86. The lowest BCUT2D eigenvalue weighted by Gasteiger charge is -2.40. The normalized spacial score (nSPS) is 31.5. The van der Waals surface area contributed by atoms with E-state index in [1.54, 1.807) is 0 Å². The van der Waals surface area contributed by atoms with Crippen molar-refractivity contribution in [2.24, 2.45) is 0 Å². The van der Waals surface area contributed by atoms with Gasteiger partial charge in [0.1, 0.15) is 5.82 Å². The Morgan fingerprint density at radius 1 is 1.24 bits per heavy atom. The lowest BCUT2D eigenvalue weighted by molar-refractivity contribution is -0.199. The number of aliphatic hydroxyl groups is 1. The minimum Gasteiger partial charge on any atom is -0.391 e. The summed E-state index contributed by atoms with van der Waals surface area (Å²) in [5.74, 6) is 0.559. The highest BCUT2D eigenvalue weighted by Gasteiger charge is 2.46. The molecular weight excluding hydrogens is 268 g/mol. The summed E-state index contributed by atoms with van der Waals surface area (Å²) in [6.07, 6.45) is 6.53. The Bertz CT molecular complexity index is 534. The molecule has 5 heteroatoms. The van der Waals surface area contributed by atoms with Crippen molar-refractivity contribution in [2.75, 3.05) is 13.2 Å². The molecule has 5 nitrogen and oxygen atoms in total. The number of hydrogen-bond acceptors (Lipinski definition) is 4. The molecule has 1 aromatic rings. The molecule has 21 heavy (non-hydrogen) atoms. The van der Waals surface area contributed by atoms with E-state index in [9.17, 15) is 5.11 Å². The number of hydrogen-bond donors (Lipinski definition) is 1. The van der Waals surface area contributed by atoms with Crippen LogP contribution < -0.4 is 0 Å². The smallest absolute Gasteiger partial charge is 0.170 e. The van der Waals surface area contributed by atoms with Crippen LogP contribution in [0.25, 0.3) is 0 Å². The largest absolute Gasteiger partial charge is 0.391 e. The molecule has 0 amide bonds. The summed E-state index contributed by atoms with van der Waals surface area (Å²) in [6.45, 7) is 3.40. The Kier molecular flexibility index (Phi) is 3.32. The van der Waals surface area contributed by atoms with Crippen molar-refractivity contribution in [3.63, 3.8) is 0 Å². The first-order valence-electron chi connectivity index (χ1n) is 8.21. The molecule has 0 radical (unpaired) electrons. The Labute approximate surface area is 125 Å². The highest BCUT2D eigenvalue weighted by atomic mass is 16.7. The Morgan fingerprint density at radius 2 is 2.00 bits per heavy atom. The van der Waals surface area contributed by atoms with Crippen molar-refractivity contribution in [3.05, 3.63) is 17.2 Å². The van der Waals surface area contributed by atoms with Gasteiger partial charge in [-0.15, -0.1) is 0 Å². The minimum absolute atomic E-state index is 0.0335. The van der Waals surface area contributed by atoms with Crippen LogP contribution in [0.2, 0.25) is 0 Å². The third-order valence-corrected chi connectivity index (χ3v) is 5.28. The molecule has 4 rings (SSSR count). The molecule has 2 heterocycles. The van der Waals surface area contributed by atoms with Gasteiger partial charge >= 0.3 is 0 Å². The second kappa shape index (κ2) is 5.07. The molecule has 116 valence electrons. The van der Waals surface area contributed by atoms with Gasteiger partial charge in [-0.25, -0.2) is 4.98 Å². The molecule has 2 aliphatic carbocycles. The molecule has 1 N–H and O–H groups in total. The zero-order chi connectivity index (χ0) is 14.4. The summed E-state index contributed by atoms with van der Waals surface area (Å²) in [6, 6.07) is 0.0335. The molecule has 1 spiro atoms. The highest BCUT2D eigenvalue weighted by molar-refractivity contribution is 5.21. The van der Waals surface area contributed by atoms with E-state index < -0.39 is 5.79 Å². The van der Waals surface area contributed by atoms with Crippen LogP contribution in [0.5, 0.6) is 0 Å². The van der Waals surface area contributed by atoms with Gasteiger partial charge in [0.25, 0.3) is 0 Å². The predicted octanol–water partition coefficient (Wildman–Crippen LogP) is 1.90. The Morgan fingerprint density at radius 3 is 2.81 bits per heavy atom. The summed E-state index contributed by atoms with van der Waals surface area (Å²) in [7, 11) is 0. The van der Waals surface area contributed by atoms with Gasteiger partial charge in [-0.3, -0.25) is 0 Å². The van der Waals surface area contributed by atoms with Gasteiger partial charge < -0.3 is 19.1 Å². The van der Waals surface area contributed by atoms with E-state index in [-0.39, 0.29) is 12.1 Å². The first-order valence-corrected chi connectivity index (χ1v) is 8.21. The van der Waals surface area contributed by atoms with Crippen molar-refractivity contribution in [1.82, 2.24) is 9.55 Å². The molecule has 1 saturated carbocycles. The van der Waals surface area contributed by atoms with Crippen molar-refractivity contribution in [3.8, 4) is 0 Å². The zero-order valence-electron chi connectivity index (χ0n) is 12.7. The standard InChI is InChI=1S/C16H24N2O3/c1-11-17-12-4-2-3-5-13(12)18(11)14-10-16(7-6-15(14)19)20-8-9-21-16/h14-15,19H,2-10H2,1H3. The average molecular weight is 292 g/mol. The summed E-state index contributed by atoms with van der Waals surface area (Å²) in [4.78, 5) is 4.75. The quantitative estimate of drug-likeness (QED) is 0.859. The van der Waals surface area contributed by atoms with E-state index in [1.165, 1.54) is 24.2 Å². The molecule has 2 fully saturated rings. The summed E-state index contributed by atoms with van der Waals surface area (Å²) in [5.41, 5.74) is 2.57. The molecule has 2 atom stereocenters. The summed E-state index contributed by atoms with van der Waals surface area (Å²) >= 11 is 0. The number of aryl methyl sites for hydroxylation is 2. The van der Waals surface area contributed by atoms with Crippen LogP contribution in [0.15, 0.2) is 0 Å². The van der Waals surface area contributed by atoms with Gasteiger partial charge in [-0.05, 0) is 39.0 Å². The van der Waals surface area contributed by atoms with Gasteiger partial charge in [0, 0.05) is 18.5 Å². The molecule has 0 aromatic carbocycles. The van der Waals surface area contributed by atoms with Crippen molar-refractivity contribution in [2.45, 2.75) is 69.8 Å². The van der Waals surface area contributed by atoms with E-state index in [4.69, 9.17) is 14.5 Å². The van der Waals surface area contributed by atoms with Crippen molar-refractivity contribution < 1.29 is 14.6 Å². The fourth-order valence-corrected chi connectivity index (χ4v) is 4.28. The predicted molar refractivity (Wildman–Crippen MR) is 77.1 cm³/mol. The second-order valence-corrected chi connectivity index (χ2v) is 6.61. The maximum absolute atomic E-state index is 10.6. The van der Waals surface area contributed by atoms with Crippen molar-refractivity contribution >= 4 is 0 Å². The van der Waals surface area contributed by atoms with Crippen LogP contribution >= 0.6 is 0 Å². The Balaban J connectivity index is 1.69. The maximum Gasteiger partial charge on any atom is 0.170 e. The third-order valence-electron chi connectivity index (χ3n) is 5.28. The molecule has 1 saturated heterocycles. The first-order chi connectivity index (χ1) is 10.2. The van der Waals surface area contributed by atoms with E-state index in [2.05, 4.69) is 11.5 Å². The molecule has 2 unspecified atom stereocenters. The third kappa shape index (κ3) is 2.22. The fourth-order valence-electron chi connectivity index (χ4n) is 4.28. The lowest BCUT2D eigenvalue weighted by Crippen LogP contribution is -2.44. The maximum atomic E-state index is 10.6. The number of aliphatic hydroxyl groups excluding tert-OH is 1. The van der Waals surface area contributed by atoms with Gasteiger partial charge in [-0.2, -0.15) is 0 Å². The van der Waals surface area contributed by atoms with Crippen molar-refractivity contribution in [1.29, 1.82) is 0 Å². The minimum atomic E-state index is -0.470. The van der Waals surface area contributed by atoms with E-state index in [0.29, 0.717) is 13.2 Å². The summed E-state index contributed by atoms with van der Waals surface area (Å²) in [5, 5.41) is 10.6. The molecule has 1 aliphatic heterocycles. The molecule has 1 aromatic heterocycles. The number of rotatable bonds is 1. The van der Waals surface area contributed by atoms with Crippen LogP contribution in [-0.2, 0) is 22.3 Å². The molecule has 0 bridgehead atoms. The van der Waals surface area contributed by atoms with Crippen LogP contribution in [0.4, 0.5) is 0 Å². The van der Waals surface area contributed by atoms with Gasteiger partial charge in [-0.1, -0.05) is 0 Å². The first kappa shape index (κ1) is 13.7. The van der Waals surface area contributed by atoms with Crippen LogP contribution in [-0.4, -0.2) is 39.8 Å².